The van der Waals surface area contributed by atoms with Crippen LogP contribution in [0.4, 0.5) is 0 Å². The minimum Gasteiger partial charge on any atom is -0.507 e. The van der Waals surface area contributed by atoms with Crippen molar-refractivity contribution in [3.05, 3.63) is 23.8 Å². The summed E-state index contributed by atoms with van der Waals surface area (Å²) in [5.74, 6) is 0.213. The second-order valence-electron chi connectivity index (χ2n) is 4.38. The molecule has 3 N–H and O–H groups in total. The molecule has 1 aromatic rings. The molecule has 0 radical (unpaired) electrons. The van der Waals surface area contributed by atoms with E-state index >= 15 is 0 Å². The van der Waals surface area contributed by atoms with Gasteiger partial charge in [0, 0.05) is 25.7 Å². The van der Waals surface area contributed by atoms with Gasteiger partial charge >= 0.3 is 0 Å². The van der Waals surface area contributed by atoms with Gasteiger partial charge in [-0.25, -0.2) is 0 Å². The molecule has 0 aromatic heterocycles. The Morgan fingerprint density at radius 3 is 2.72 bits per heavy atom. The summed E-state index contributed by atoms with van der Waals surface area (Å²) in [4.78, 5) is 13.6. The highest BCUT2D eigenvalue weighted by atomic mass is 16.5. The zero-order valence-corrected chi connectivity index (χ0v) is 11.0. The van der Waals surface area contributed by atoms with E-state index < -0.39 is 0 Å². The topological polar surface area (TPSA) is 75.8 Å². The molecule has 1 aromatic carbocycles. The number of hydrogen-bond donors (Lipinski definition) is 2. The predicted octanol–water partition coefficient (Wildman–Crippen LogP) is 1.21. The number of nitrogens with zero attached hydrogens (tertiary/aromatic N) is 1. The van der Waals surface area contributed by atoms with E-state index in [1.54, 1.807) is 24.1 Å². The van der Waals surface area contributed by atoms with Crippen molar-refractivity contribution in [3.8, 4) is 11.5 Å². The zero-order chi connectivity index (χ0) is 13.7. The van der Waals surface area contributed by atoms with Crippen molar-refractivity contribution in [2.75, 3.05) is 20.7 Å². The Hall–Kier alpha value is -1.75. The van der Waals surface area contributed by atoms with E-state index in [4.69, 9.17) is 10.5 Å². The van der Waals surface area contributed by atoms with Gasteiger partial charge in [0.05, 0.1) is 12.7 Å². The van der Waals surface area contributed by atoms with Gasteiger partial charge in [0.2, 0.25) is 0 Å². The number of phenols is 1. The van der Waals surface area contributed by atoms with E-state index in [9.17, 15) is 9.90 Å². The maximum absolute atomic E-state index is 12.1. The van der Waals surface area contributed by atoms with Crippen LogP contribution >= 0.6 is 0 Å². The molecule has 1 atom stereocenters. The lowest BCUT2D eigenvalue weighted by Crippen LogP contribution is -2.31. The minimum absolute atomic E-state index is 0.0460. The normalized spacial score (nSPS) is 12.0. The summed E-state index contributed by atoms with van der Waals surface area (Å²) in [7, 11) is 3.19. The van der Waals surface area contributed by atoms with Crippen LogP contribution in [0.5, 0.6) is 11.5 Å². The van der Waals surface area contributed by atoms with Crippen molar-refractivity contribution in [1.82, 2.24) is 4.90 Å². The Morgan fingerprint density at radius 2 is 2.22 bits per heavy atom. The summed E-state index contributed by atoms with van der Waals surface area (Å²) in [6.45, 7) is 2.45. The van der Waals surface area contributed by atoms with Gasteiger partial charge < -0.3 is 20.5 Å². The van der Waals surface area contributed by atoms with Crippen LogP contribution in [0, 0.1) is 0 Å². The van der Waals surface area contributed by atoms with E-state index in [1.165, 1.54) is 13.2 Å². The lowest BCUT2D eigenvalue weighted by atomic mass is 10.1. The highest BCUT2D eigenvalue weighted by Crippen LogP contribution is 2.24. The molecule has 0 fully saturated rings. The van der Waals surface area contributed by atoms with Crippen LogP contribution < -0.4 is 10.5 Å². The molecule has 1 amide bonds. The van der Waals surface area contributed by atoms with Crippen LogP contribution in [0.3, 0.4) is 0 Å². The third kappa shape index (κ3) is 3.63. The highest BCUT2D eigenvalue weighted by Gasteiger charge is 2.16. The summed E-state index contributed by atoms with van der Waals surface area (Å²) in [6.07, 6.45) is 0.721. The summed E-state index contributed by atoms with van der Waals surface area (Å²) < 4.78 is 4.97. The lowest BCUT2D eigenvalue weighted by molar-refractivity contribution is 0.0789. The number of amides is 1. The van der Waals surface area contributed by atoms with Gasteiger partial charge in [-0.1, -0.05) is 0 Å². The first-order chi connectivity index (χ1) is 8.45. The standard InChI is InChI=1S/C13H20N2O3/c1-9(14)6-7-15(2)13(17)11-5-4-10(18-3)8-12(11)16/h4-5,8-9,16H,6-7,14H2,1-3H3. The number of ether oxygens (including phenoxy) is 1. The van der Waals surface area contributed by atoms with Gasteiger partial charge in [-0.2, -0.15) is 0 Å². The fourth-order valence-electron chi connectivity index (χ4n) is 1.52. The van der Waals surface area contributed by atoms with E-state index in [0.29, 0.717) is 12.3 Å². The van der Waals surface area contributed by atoms with Gasteiger partial charge in [0.15, 0.2) is 0 Å². The van der Waals surface area contributed by atoms with Crippen LogP contribution in [0.25, 0.3) is 0 Å². The van der Waals surface area contributed by atoms with Crippen LogP contribution in [0.1, 0.15) is 23.7 Å². The molecular formula is C13H20N2O3. The average molecular weight is 252 g/mol. The van der Waals surface area contributed by atoms with Crippen LogP contribution in [-0.2, 0) is 0 Å². The quantitative estimate of drug-likeness (QED) is 0.826. The largest absolute Gasteiger partial charge is 0.507 e. The first kappa shape index (κ1) is 14.3. The number of phenolic OH excluding ortho intramolecular Hbond substituents is 1. The van der Waals surface area contributed by atoms with Crippen molar-refractivity contribution < 1.29 is 14.6 Å². The molecule has 0 spiro atoms. The van der Waals surface area contributed by atoms with Crippen LogP contribution in [-0.4, -0.2) is 42.7 Å². The molecule has 18 heavy (non-hydrogen) atoms. The molecule has 0 aliphatic heterocycles. The number of methoxy groups -OCH3 is 1. The SMILES string of the molecule is COc1ccc(C(=O)N(C)CCC(C)N)c(O)c1. The molecule has 1 rings (SSSR count). The van der Waals surface area contributed by atoms with Crippen molar-refractivity contribution >= 4 is 5.91 Å². The minimum atomic E-state index is -0.226. The predicted molar refractivity (Wildman–Crippen MR) is 69.9 cm³/mol. The highest BCUT2D eigenvalue weighted by molar-refractivity contribution is 5.96. The molecule has 0 saturated heterocycles. The van der Waals surface area contributed by atoms with E-state index in [1.807, 2.05) is 6.92 Å². The smallest absolute Gasteiger partial charge is 0.257 e. The summed E-state index contributed by atoms with van der Waals surface area (Å²) in [6, 6.07) is 4.67. The Labute approximate surface area is 107 Å². The summed E-state index contributed by atoms with van der Waals surface area (Å²) in [5.41, 5.74) is 5.91. The molecule has 5 heteroatoms. The van der Waals surface area contributed by atoms with Gasteiger partial charge in [0.1, 0.15) is 11.5 Å². The monoisotopic (exact) mass is 252 g/mol. The Kier molecular flexibility index (Phi) is 4.97. The molecule has 5 nitrogen and oxygen atoms in total. The number of rotatable bonds is 5. The zero-order valence-electron chi connectivity index (χ0n) is 11.0. The molecule has 0 heterocycles. The maximum Gasteiger partial charge on any atom is 0.257 e. The van der Waals surface area contributed by atoms with Gasteiger partial charge in [-0.05, 0) is 25.5 Å². The molecule has 1 unspecified atom stereocenters. The average Bonchev–Trinajstić information content (AvgIpc) is 2.34. The van der Waals surface area contributed by atoms with E-state index in [-0.39, 0.29) is 23.3 Å². The first-order valence-corrected chi connectivity index (χ1v) is 5.83. The molecule has 0 bridgehead atoms. The summed E-state index contributed by atoms with van der Waals surface area (Å²) in [5, 5.41) is 9.77. The fourth-order valence-corrected chi connectivity index (χ4v) is 1.52. The number of carbonyl (C=O) groups is 1. The van der Waals surface area contributed by atoms with Crippen LogP contribution in [0.15, 0.2) is 18.2 Å². The fraction of sp³-hybridized carbons (Fsp3) is 0.462. The first-order valence-electron chi connectivity index (χ1n) is 5.83. The third-order valence-electron chi connectivity index (χ3n) is 2.70. The number of benzene rings is 1. The van der Waals surface area contributed by atoms with E-state index in [2.05, 4.69) is 0 Å². The van der Waals surface area contributed by atoms with Crippen molar-refractivity contribution in [3.63, 3.8) is 0 Å². The lowest BCUT2D eigenvalue weighted by Gasteiger charge is -2.19. The number of nitrogens with two attached hydrogens (primary N) is 1. The second kappa shape index (κ2) is 6.26. The van der Waals surface area contributed by atoms with Gasteiger partial charge in [-0.15, -0.1) is 0 Å². The summed E-state index contributed by atoms with van der Waals surface area (Å²) >= 11 is 0. The Morgan fingerprint density at radius 1 is 1.56 bits per heavy atom. The maximum atomic E-state index is 12.1. The van der Waals surface area contributed by atoms with E-state index in [0.717, 1.165) is 6.42 Å². The Balaban J connectivity index is 2.77. The molecule has 0 aliphatic rings. The molecular weight excluding hydrogens is 232 g/mol. The third-order valence-corrected chi connectivity index (χ3v) is 2.70. The number of aromatic hydroxyl groups is 1. The van der Waals surface area contributed by atoms with Gasteiger partial charge in [-0.3, -0.25) is 4.79 Å². The molecule has 0 saturated carbocycles. The van der Waals surface area contributed by atoms with Crippen LogP contribution in [0.2, 0.25) is 0 Å². The van der Waals surface area contributed by atoms with Crippen molar-refractivity contribution in [2.24, 2.45) is 5.73 Å². The van der Waals surface area contributed by atoms with Crippen molar-refractivity contribution in [1.29, 1.82) is 0 Å². The molecule has 100 valence electrons. The molecule has 0 aliphatic carbocycles. The van der Waals surface area contributed by atoms with Gasteiger partial charge in [0.25, 0.3) is 5.91 Å². The van der Waals surface area contributed by atoms with Crippen molar-refractivity contribution in [2.45, 2.75) is 19.4 Å². The second-order valence-corrected chi connectivity index (χ2v) is 4.38. The number of hydrogen-bond acceptors (Lipinski definition) is 4. The Bertz CT molecular complexity index is 419. The number of carbonyl (C=O) groups excluding carboxylic acids is 1.